The van der Waals surface area contributed by atoms with Gasteiger partial charge in [0.25, 0.3) is 11.8 Å². The highest BCUT2D eigenvalue weighted by molar-refractivity contribution is 9.10. The van der Waals surface area contributed by atoms with Crippen LogP contribution in [0.1, 0.15) is 44.9 Å². The molecule has 1 heterocycles. The molecule has 0 aliphatic carbocycles. The van der Waals surface area contributed by atoms with Gasteiger partial charge in [-0.1, -0.05) is 88.3 Å². The van der Waals surface area contributed by atoms with Crippen molar-refractivity contribution in [3.63, 3.8) is 0 Å². The van der Waals surface area contributed by atoms with E-state index in [-0.39, 0.29) is 31.2 Å². The number of ether oxygens (including phenoxy) is 1. The van der Waals surface area contributed by atoms with Crippen molar-refractivity contribution in [1.82, 2.24) is 4.90 Å². The van der Waals surface area contributed by atoms with Crippen LogP contribution in [0.5, 0.6) is 0 Å². The summed E-state index contributed by atoms with van der Waals surface area (Å²) in [6, 6.07) is 5.16. The zero-order valence-corrected chi connectivity index (χ0v) is 21.2. The van der Waals surface area contributed by atoms with Gasteiger partial charge < -0.3 is 4.74 Å². The monoisotopic (exact) mass is 579 g/mol. The van der Waals surface area contributed by atoms with Gasteiger partial charge in [-0.3, -0.25) is 19.3 Å². The quantitative estimate of drug-likeness (QED) is 0.135. The number of carbonyl (C=O) groups excluding carboxylic acids is 4. The second-order valence-electron chi connectivity index (χ2n) is 7.21. The first-order valence-corrected chi connectivity index (χ1v) is 11.5. The first-order chi connectivity index (χ1) is 15.0. The van der Waals surface area contributed by atoms with E-state index in [0.717, 1.165) is 4.47 Å². The Bertz CT molecular complexity index is 1100. The van der Waals surface area contributed by atoms with Crippen LogP contribution in [0.3, 0.4) is 0 Å². The highest BCUT2D eigenvalue weighted by Gasteiger charge is 2.48. The first-order valence-electron chi connectivity index (χ1n) is 9.16. The van der Waals surface area contributed by atoms with Gasteiger partial charge in [-0.2, -0.15) is 0 Å². The molecule has 0 N–H and O–H groups in total. The van der Waals surface area contributed by atoms with Crippen LogP contribution in [0.25, 0.3) is 0 Å². The number of benzene rings is 2. The summed E-state index contributed by atoms with van der Waals surface area (Å²) in [4.78, 5) is 52.1. The number of carbonyl (C=O) groups is 4. The van der Waals surface area contributed by atoms with Crippen LogP contribution in [0.4, 0.5) is 0 Å². The van der Waals surface area contributed by atoms with Crippen molar-refractivity contribution in [3.05, 3.63) is 65.5 Å². The molecule has 2 aromatic rings. The van der Waals surface area contributed by atoms with E-state index in [9.17, 15) is 19.2 Å². The average molecular weight is 582 g/mol. The lowest BCUT2D eigenvalue weighted by atomic mass is 10.0. The lowest BCUT2D eigenvalue weighted by molar-refractivity contribution is -0.148. The molecule has 0 saturated heterocycles. The molecule has 2 aromatic carbocycles. The van der Waals surface area contributed by atoms with Crippen molar-refractivity contribution >= 4 is 85.9 Å². The molecule has 2 amide bonds. The molecule has 6 nitrogen and oxygen atoms in total. The Hall–Kier alpha value is -1.64. The van der Waals surface area contributed by atoms with Gasteiger partial charge in [0.05, 0.1) is 31.2 Å². The van der Waals surface area contributed by atoms with E-state index in [1.165, 1.54) is 0 Å². The minimum Gasteiger partial charge on any atom is -0.456 e. The molecule has 3 rings (SSSR count). The Kier molecular flexibility index (Phi) is 7.57. The zero-order chi connectivity index (χ0) is 23.9. The van der Waals surface area contributed by atoms with E-state index in [0.29, 0.717) is 10.5 Å². The molecule has 1 aliphatic rings. The number of esters is 1. The molecule has 0 radical (unpaired) electrons. The number of ketones is 1. The molecular formula is C21H14BrCl4NO5. The van der Waals surface area contributed by atoms with Gasteiger partial charge in [-0.15, -0.1) is 0 Å². The number of hydrogen-bond acceptors (Lipinski definition) is 5. The summed E-state index contributed by atoms with van der Waals surface area (Å²) in [5.41, 5.74) is -0.133. The molecule has 0 aromatic heterocycles. The van der Waals surface area contributed by atoms with Crippen LogP contribution in [0, 0.1) is 5.92 Å². The Morgan fingerprint density at radius 3 is 1.81 bits per heavy atom. The van der Waals surface area contributed by atoms with E-state index >= 15 is 0 Å². The second kappa shape index (κ2) is 9.69. The lowest BCUT2D eigenvalue weighted by Crippen LogP contribution is -2.49. The number of fused-ring (bicyclic) bond motifs is 1. The number of hydrogen-bond donors (Lipinski definition) is 0. The van der Waals surface area contributed by atoms with Gasteiger partial charge in [0.1, 0.15) is 6.04 Å². The molecule has 1 atom stereocenters. The molecule has 11 heteroatoms. The highest BCUT2D eigenvalue weighted by Crippen LogP contribution is 2.45. The van der Waals surface area contributed by atoms with Crippen molar-refractivity contribution < 1.29 is 23.9 Å². The van der Waals surface area contributed by atoms with E-state index < -0.39 is 42.1 Å². The Morgan fingerprint density at radius 2 is 1.38 bits per heavy atom. The zero-order valence-electron chi connectivity index (χ0n) is 16.5. The summed E-state index contributed by atoms with van der Waals surface area (Å²) in [6.45, 7) is 2.68. The van der Waals surface area contributed by atoms with E-state index in [2.05, 4.69) is 15.9 Å². The van der Waals surface area contributed by atoms with Crippen LogP contribution in [0.15, 0.2) is 28.7 Å². The standard InChI is InChI=1S/C21H14BrCl4NO5/c1-8(2)18(21(31)32-7-11(28)9-3-5-10(22)6-4-9)27-19(29)12-13(20(27)30)15(24)17(26)16(25)14(12)23/h3-6,8,18H,7H2,1-2H3/t18-/m0/s1. The maximum Gasteiger partial charge on any atom is 0.330 e. The van der Waals surface area contributed by atoms with Gasteiger partial charge in [-0.05, 0) is 18.1 Å². The molecule has 168 valence electrons. The third-order valence-corrected chi connectivity index (χ3v) is 7.13. The summed E-state index contributed by atoms with van der Waals surface area (Å²) in [5.74, 6) is -3.63. The largest absolute Gasteiger partial charge is 0.456 e. The van der Waals surface area contributed by atoms with Crippen molar-refractivity contribution in [2.75, 3.05) is 6.61 Å². The fourth-order valence-electron chi connectivity index (χ4n) is 3.24. The fraction of sp³-hybridized carbons (Fsp3) is 0.238. The highest BCUT2D eigenvalue weighted by atomic mass is 79.9. The number of halogens is 5. The number of rotatable bonds is 6. The number of Topliss-reactive ketones (excluding diaryl/α,β-unsaturated/α-hetero) is 1. The molecule has 0 fully saturated rings. The van der Waals surface area contributed by atoms with Crippen LogP contribution >= 0.6 is 62.3 Å². The summed E-state index contributed by atoms with van der Waals surface area (Å²) in [7, 11) is 0. The molecule has 0 saturated carbocycles. The van der Waals surface area contributed by atoms with Gasteiger partial charge >= 0.3 is 5.97 Å². The topological polar surface area (TPSA) is 80.8 Å². The number of nitrogens with zero attached hydrogens (tertiary/aromatic N) is 1. The minimum atomic E-state index is -1.33. The van der Waals surface area contributed by atoms with Gasteiger partial charge in [-0.25, -0.2) is 4.79 Å². The van der Waals surface area contributed by atoms with E-state index in [1.54, 1.807) is 38.1 Å². The third-order valence-electron chi connectivity index (χ3n) is 4.80. The SMILES string of the molecule is CC(C)[C@@H](C(=O)OCC(=O)c1ccc(Br)cc1)N1C(=O)c2c(Cl)c(Cl)c(Cl)c(Cl)c2C1=O. The van der Waals surface area contributed by atoms with Crippen LogP contribution in [0.2, 0.25) is 20.1 Å². The summed E-state index contributed by atoms with van der Waals surface area (Å²) < 4.78 is 5.95. The summed E-state index contributed by atoms with van der Waals surface area (Å²) >= 11 is 27.6. The van der Waals surface area contributed by atoms with Crippen LogP contribution in [-0.4, -0.2) is 41.1 Å². The van der Waals surface area contributed by atoms with Crippen LogP contribution < -0.4 is 0 Å². The minimum absolute atomic E-state index is 0.177. The predicted molar refractivity (Wildman–Crippen MR) is 125 cm³/mol. The molecule has 32 heavy (non-hydrogen) atoms. The second-order valence-corrected chi connectivity index (χ2v) is 9.64. The van der Waals surface area contributed by atoms with Gasteiger partial charge in [0.15, 0.2) is 12.4 Å². The summed E-state index contributed by atoms with van der Waals surface area (Å²) in [5, 5.41) is -0.830. The average Bonchev–Trinajstić information content (AvgIpc) is 3.00. The molecule has 0 unspecified atom stereocenters. The maximum absolute atomic E-state index is 13.1. The normalized spacial score (nSPS) is 14.1. The predicted octanol–water partition coefficient (Wildman–Crippen LogP) is 6.11. The Labute approximate surface area is 211 Å². The van der Waals surface area contributed by atoms with Crippen molar-refractivity contribution in [2.45, 2.75) is 19.9 Å². The van der Waals surface area contributed by atoms with Crippen LogP contribution in [-0.2, 0) is 9.53 Å². The molecule has 0 spiro atoms. The molecule has 0 bridgehead atoms. The van der Waals surface area contributed by atoms with Crippen molar-refractivity contribution in [2.24, 2.45) is 5.92 Å². The smallest absolute Gasteiger partial charge is 0.330 e. The van der Waals surface area contributed by atoms with E-state index in [1.807, 2.05) is 0 Å². The number of imide groups is 1. The molecular weight excluding hydrogens is 568 g/mol. The fourth-order valence-corrected chi connectivity index (χ4v) is 4.51. The van der Waals surface area contributed by atoms with Crippen molar-refractivity contribution in [1.29, 1.82) is 0 Å². The van der Waals surface area contributed by atoms with Crippen molar-refractivity contribution in [3.8, 4) is 0 Å². The van der Waals surface area contributed by atoms with Gasteiger partial charge in [0.2, 0.25) is 0 Å². The van der Waals surface area contributed by atoms with E-state index in [4.69, 9.17) is 51.1 Å². The lowest BCUT2D eigenvalue weighted by Gasteiger charge is -2.27. The molecule has 1 aliphatic heterocycles. The van der Waals surface area contributed by atoms with Gasteiger partial charge in [0, 0.05) is 10.0 Å². The Morgan fingerprint density at radius 1 is 0.906 bits per heavy atom. The maximum atomic E-state index is 13.1. The first kappa shape index (κ1) is 25.0. The number of amides is 2. The third kappa shape index (κ3) is 4.41. The Balaban J connectivity index is 1.87. The summed E-state index contributed by atoms with van der Waals surface area (Å²) in [6.07, 6.45) is 0.